The van der Waals surface area contributed by atoms with Crippen LogP contribution in [0, 0.1) is 0 Å². The third kappa shape index (κ3) is 4.31. The van der Waals surface area contributed by atoms with Gasteiger partial charge in [0.2, 0.25) is 0 Å². The second kappa shape index (κ2) is 9.77. The molecule has 0 aromatic heterocycles. The van der Waals surface area contributed by atoms with Gasteiger partial charge in [-0.25, -0.2) is 0 Å². The van der Waals surface area contributed by atoms with Crippen molar-refractivity contribution < 1.29 is 28.4 Å². The summed E-state index contributed by atoms with van der Waals surface area (Å²) < 4.78 is 36.1. The van der Waals surface area contributed by atoms with Crippen molar-refractivity contribution >= 4 is 7.85 Å². The maximum absolute atomic E-state index is 6.16. The van der Waals surface area contributed by atoms with Crippen LogP contribution in [0.3, 0.4) is 0 Å². The van der Waals surface area contributed by atoms with Gasteiger partial charge in [0.05, 0.1) is 12.9 Å². The Morgan fingerprint density at radius 1 is 1.13 bits per heavy atom. The first kappa shape index (κ1) is 21.1. The first-order chi connectivity index (χ1) is 14.7. The standard InChI is InChI=1S/C23H25BO6/c1-3-5-9-15(4-2)22-29-20-19(25-13-12-24)18(28-23(20)30-22)17-14-26-21(27-17)16-10-7-6-8-11-16/h3-13,17-23H,2,14H2,1H3/b5-3-,13-12+,15-9+. The molecule has 0 saturated carbocycles. The van der Waals surface area contributed by atoms with Crippen molar-refractivity contribution in [3.63, 3.8) is 0 Å². The summed E-state index contributed by atoms with van der Waals surface area (Å²) in [6, 6.07) is 9.78. The van der Waals surface area contributed by atoms with Crippen molar-refractivity contribution in [1.29, 1.82) is 0 Å². The third-order valence-corrected chi connectivity index (χ3v) is 5.20. The maximum Gasteiger partial charge on any atom is 0.191 e. The van der Waals surface area contributed by atoms with Gasteiger partial charge in [0, 0.05) is 11.1 Å². The first-order valence-corrected chi connectivity index (χ1v) is 10.0. The van der Waals surface area contributed by atoms with Crippen LogP contribution in [-0.4, -0.2) is 51.4 Å². The van der Waals surface area contributed by atoms with Crippen LogP contribution in [0.25, 0.3) is 0 Å². The third-order valence-electron chi connectivity index (χ3n) is 5.20. The highest BCUT2D eigenvalue weighted by Crippen LogP contribution is 2.40. The lowest BCUT2D eigenvalue weighted by Crippen LogP contribution is -2.42. The van der Waals surface area contributed by atoms with Crippen molar-refractivity contribution in [2.24, 2.45) is 0 Å². The molecule has 1 aromatic carbocycles. The quantitative estimate of drug-likeness (QED) is 0.392. The number of hydrogen-bond acceptors (Lipinski definition) is 6. The minimum Gasteiger partial charge on any atom is -0.493 e. The SMILES string of the molecule is [B]/C=C/OC1C(C2COC(c3ccccc3)O2)OC2OC(/C(C=C)=C/C=C\C)OC21. The van der Waals surface area contributed by atoms with E-state index in [4.69, 9.17) is 36.3 Å². The molecule has 3 saturated heterocycles. The molecule has 3 fully saturated rings. The van der Waals surface area contributed by atoms with Crippen LogP contribution in [0.2, 0.25) is 0 Å². The van der Waals surface area contributed by atoms with Gasteiger partial charge in [0.15, 0.2) is 31.1 Å². The fraction of sp³-hybridized carbons (Fsp3) is 0.391. The van der Waals surface area contributed by atoms with Crippen molar-refractivity contribution in [3.8, 4) is 0 Å². The van der Waals surface area contributed by atoms with Gasteiger partial charge in [-0.2, -0.15) is 0 Å². The van der Waals surface area contributed by atoms with Crippen molar-refractivity contribution in [1.82, 2.24) is 0 Å². The van der Waals surface area contributed by atoms with Crippen LogP contribution < -0.4 is 0 Å². The summed E-state index contributed by atoms with van der Waals surface area (Å²) in [5.41, 5.74) is 1.76. The Morgan fingerprint density at radius 2 is 1.97 bits per heavy atom. The van der Waals surface area contributed by atoms with Crippen LogP contribution >= 0.6 is 0 Å². The lowest BCUT2D eigenvalue weighted by Gasteiger charge is -2.26. The van der Waals surface area contributed by atoms with Gasteiger partial charge in [-0.15, -0.1) is 0 Å². The van der Waals surface area contributed by atoms with E-state index in [-0.39, 0.29) is 6.10 Å². The molecule has 0 bridgehead atoms. The average Bonchev–Trinajstić information content (AvgIpc) is 3.48. The van der Waals surface area contributed by atoms with Gasteiger partial charge in [-0.3, -0.25) is 0 Å². The molecule has 3 aliphatic rings. The number of allylic oxidation sites excluding steroid dienone is 3. The zero-order valence-corrected chi connectivity index (χ0v) is 16.8. The molecular weight excluding hydrogens is 383 g/mol. The molecule has 0 aliphatic carbocycles. The second-order valence-corrected chi connectivity index (χ2v) is 7.11. The van der Waals surface area contributed by atoms with Crippen LogP contribution in [-0.2, 0) is 28.4 Å². The Kier molecular flexibility index (Phi) is 6.87. The van der Waals surface area contributed by atoms with E-state index in [9.17, 15) is 0 Å². The molecule has 7 heteroatoms. The summed E-state index contributed by atoms with van der Waals surface area (Å²) in [5, 5.41) is 0. The highest BCUT2D eigenvalue weighted by Gasteiger charge is 2.57. The fourth-order valence-electron chi connectivity index (χ4n) is 3.77. The normalized spacial score (nSPS) is 36.6. The lowest BCUT2D eigenvalue weighted by atomic mass is 10.1. The number of benzene rings is 1. The molecular formula is C23H25BO6. The molecule has 4 rings (SSSR count). The molecule has 1 aromatic rings. The fourth-order valence-corrected chi connectivity index (χ4v) is 3.77. The number of ether oxygens (including phenoxy) is 6. The summed E-state index contributed by atoms with van der Waals surface area (Å²) in [7, 11) is 5.49. The topological polar surface area (TPSA) is 55.4 Å². The zero-order valence-electron chi connectivity index (χ0n) is 16.8. The maximum atomic E-state index is 6.16. The molecule has 30 heavy (non-hydrogen) atoms. The molecule has 0 N–H and O–H groups in total. The smallest absolute Gasteiger partial charge is 0.191 e. The summed E-state index contributed by atoms with van der Waals surface area (Å²) in [4.78, 5) is 0. The predicted octanol–water partition coefficient (Wildman–Crippen LogP) is 3.28. The van der Waals surface area contributed by atoms with E-state index in [1.54, 1.807) is 6.08 Å². The molecule has 0 spiro atoms. The zero-order chi connectivity index (χ0) is 20.9. The van der Waals surface area contributed by atoms with Gasteiger partial charge < -0.3 is 28.4 Å². The van der Waals surface area contributed by atoms with E-state index >= 15 is 0 Å². The van der Waals surface area contributed by atoms with Crippen molar-refractivity contribution in [2.75, 3.05) is 6.61 Å². The summed E-state index contributed by atoms with van der Waals surface area (Å²) in [5.74, 6) is 1.33. The lowest BCUT2D eigenvalue weighted by molar-refractivity contribution is -0.182. The molecule has 156 valence electrons. The van der Waals surface area contributed by atoms with Crippen molar-refractivity contribution in [3.05, 3.63) is 84.6 Å². The van der Waals surface area contributed by atoms with E-state index < -0.39 is 37.2 Å². The Balaban J connectivity index is 1.47. The van der Waals surface area contributed by atoms with Crippen LogP contribution in [0.15, 0.2) is 79.0 Å². The Bertz CT molecular complexity index is 807. The first-order valence-electron chi connectivity index (χ1n) is 10.0. The molecule has 0 amide bonds. The van der Waals surface area contributed by atoms with Crippen LogP contribution in [0.4, 0.5) is 0 Å². The highest BCUT2D eigenvalue weighted by atomic mass is 16.8. The molecule has 3 aliphatic heterocycles. The Morgan fingerprint density at radius 3 is 2.70 bits per heavy atom. The number of rotatable bonds is 7. The second-order valence-electron chi connectivity index (χ2n) is 7.11. The Labute approximate surface area is 178 Å². The van der Waals surface area contributed by atoms with Crippen LogP contribution in [0.5, 0.6) is 0 Å². The van der Waals surface area contributed by atoms with E-state index in [0.717, 1.165) is 11.1 Å². The molecule has 7 atom stereocenters. The number of hydrogen-bond donors (Lipinski definition) is 0. The van der Waals surface area contributed by atoms with E-state index in [0.29, 0.717) is 6.61 Å². The molecule has 6 nitrogen and oxygen atoms in total. The van der Waals surface area contributed by atoms with E-state index in [2.05, 4.69) is 6.58 Å². The predicted molar refractivity (Wildman–Crippen MR) is 111 cm³/mol. The average molecular weight is 408 g/mol. The number of fused-ring (bicyclic) bond motifs is 1. The van der Waals surface area contributed by atoms with E-state index in [1.165, 1.54) is 12.2 Å². The molecule has 2 radical (unpaired) electrons. The minimum atomic E-state index is -0.593. The van der Waals surface area contributed by atoms with Crippen LogP contribution in [0.1, 0.15) is 18.8 Å². The molecule has 3 heterocycles. The van der Waals surface area contributed by atoms with Gasteiger partial charge in [-0.1, -0.05) is 67.2 Å². The van der Waals surface area contributed by atoms with Gasteiger partial charge >= 0.3 is 0 Å². The summed E-state index contributed by atoms with van der Waals surface area (Å²) in [6.07, 6.45) is 5.56. The summed E-state index contributed by atoms with van der Waals surface area (Å²) in [6.45, 7) is 6.15. The summed E-state index contributed by atoms with van der Waals surface area (Å²) >= 11 is 0. The van der Waals surface area contributed by atoms with Gasteiger partial charge in [0.1, 0.15) is 20.1 Å². The molecule has 7 unspecified atom stereocenters. The van der Waals surface area contributed by atoms with E-state index in [1.807, 2.05) is 55.5 Å². The monoisotopic (exact) mass is 408 g/mol. The van der Waals surface area contributed by atoms with Gasteiger partial charge in [-0.05, 0) is 6.92 Å². The van der Waals surface area contributed by atoms with Crippen molar-refractivity contribution in [2.45, 2.75) is 50.2 Å². The highest BCUT2D eigenvalue weighted by molar-refractivity contribution is 6.16. The Hall–Kier alpha value is -2.16. The largest absolute Gasteiger partial charge is 0.493 e. The minimum absolute atomic E-state index is 0.333. The van der Waals surface area contributed by atoms with Gasteiger partial charge in [0.25, 0.3) is 0 Å².